The Hall–Kier alpha value is -0.640. The number of carbonyl (C=O) groups excluding carboxylic acids is 1. The minimum Gasteiger partial charge on any atom is -0.296 e. The maximum atomic E-state index is 10.6. The lowest BCUT2D eigenvalue weighted by molar-refractivity contribution is 0.111. The van der Waals surface area contributed by atoms with Crippen molar-refractivity contribution < 1.29 is 4.79 Å². The molecule has 1 heterocycles. The number of aryl methyl sites for hydroxylation is 1. The Morgan fingerprint density at radius 3 is 2.23 bits per heavy atom. The van der Waals surface area contributed by atoms with Crippen LogP contribution in [0.3, 0.4) is 0 Å². The zero-order valence-corrected chi connectivity index (χ0v) is 9.84. The Balaban J connectivity index is 3.37. The molecular formula is C9H13BrN2O. The van der Waals surface area contributed by atoms with Crippen LogP contribution in [0.5, 0.6) is 0 Å². The molecule has 0 bridgehead atoms. The summed E-state index contributed by atoms with van der Waals surface area (Å²) in [6.45, 7) is 6.26. The number of rotatable bonds is 1. The van der Waals surface area contributed by atoms with Crippen LogP contribution in [0.25, 0.3) is 0 Å². The third-order valence-electron chi connectivity index (χ3n) is 1.84. The summed E-state index contributed by atoms with van der Waals surface area (Å²) in [5, 5.41) is 4.10. The van der Waals surface area contributed by atoms with Gasteiger partial charge >= 0.3 is 0 Å². The van der Waals surface area contributed by atoms with Crippen molar-refractivity contribution in [1.82, 2.24) is 9.78 Å². The van der Waals surface area contributed by atoms with Crippen molar-refractivity contribution in [3.63, 3.8) is 0 Å². The van der Waals surface area contributed by atoms with Crippen LogP contribution in [0.1, 0.15) is 37.0 Å². The van der Waals surface area contributed by atoms with Gasteiger partial charge in [0.15, 0.2) is 6.29 Å². The number of halogens is 1. The second-order valence-corrected chi connectivity index (χ2v) is 4.83. The van der Waals surface area contributed by atoms with E-state index in [1.807, 2.05) is 7.05 Å². The first kappa shape index (κ1) is 10.4. The van der Waals surface area contributed by atoms with Gasteiger partial charge in [-0.25, -0.2) is 0 Å². The van der Waals surface area contributed by atoms with Crippen LogP contribution in [0, 0.1) is 0 Å². The summed E-state index contributed by atoms with van der Waals surface area (Å²) in [6, 6.07) is 0. The molecule has 1 aromatic rings. The van der Waals surface area contributed by atoms with Crippen LogP contribution < -0.4 is 0 Å². The zero-order valence-electron chi connectivity index (χ0n) is 8.26. The van der Waals surface area contributed by atoms with Gasteiger partial charge in [0.25, 0.3) is 0 Å². The van der Waals surface area contributed by atoms with E-state index in [0.29, 0.717) is 5.69 Å². The van der Waals surface area contributed by atoms with Crippen molar-refractivity contribution in [2.75, 3.05) is 0 Å². The average Bonchev–Trinajstić information content (AvgIpc) is 2.24. The molecule has 1 aromatic heterocycles. The molecule has 0 aliphatic heterocycles. The Morgan fingerprint density at radius 2 is 2.00 bits per heavy atom. The predicted octanol–water partition coefficient (Wildman–Crippen LogP) is 2.29. The highest BCUT2D eigenvalue weighted by Crippen LogP contribution is 2.30. The van der Waals surface area contributed by atoms with E-state index in [1.165, 1.54) is 0 Å². The van der Waals surface area contributed by atoms with Crippen LogP contribution in [0.2, 0.25) is 0 Å². The molecular weight excluding hydrogens is 232 g/mol. The van der Waals surface area contributed by atoms with Crippen LogP contribution >= 0.6 is 15.9 Å². The van der Waals surface area contributed by atoms with Gasteiger partial charge in [-0.1, -0.05) is 20.8 Å². The molecule has 0 saturated heterocycles. The Kier molecular flexibility index (Phi) is 2.61. The number of carbonyl (C=O) groups is 1. The lowest BCUT2D eigenvalue weighted by Crippen LogP contribution is -2.16. The van der Waals surface area contributed by atoms with Gasteiger partial charge in [-0.15, -0.1) is 0 Å². The van der Waals surface area contributed by atoms with Gasteiger partial charge in [0, 0.05) is 12.5 Å². The largest absolute Gasteiger partial charge is 0.296 e. The third kappa shape index (κ3) is 1.82. The Bertz CT molecular complexity index is 336. The van der Waals surface area contributed by atoms with Gasteiger partial charge in [0.05, 0.1) is 10.2 Å². The van der Waals surface area contributed by atoms with E-state index < -0.39 is 0 Å². The topological polar surface area (TPSA) is 34.9 Å². The summed E-state index contributed by atoms with van der Waals surface area (Å²) in [7, 11) is 1.85. The molecule has 72 valence electrons. The monoisotopic (exact) mass is 244 g/mol. The number of aromatic nitrogens is 2. The van der Waals surface area contributed by atoms with E-state index in [-0.39, 0.29) is 5.41 Å². The van der Waals surface area contributed by atoms with Crippen molar-refractivity contribution in [2.45, 2.75) is 26.2 Å². The molecule has 0 spiro atoms. The molecule has 13 heavy (non-hydrogen) atoms. The van der Waals surface area contributed by atoms with Crippen LogP contribution in [-0.2, 0) is 12.5 Å². The summed E-state index contributed by atoms with van der Waals surface area (Å²) in [5.41, 5.74) is 1.49. The van der Waals surface area contributed by atoms with E-state index in [2.05, 4.69) is 41.8 Å². The smallest absolute Gasteiger partial charge is 0.171 e. The van der Waals surface area contributed by atoms with Crippen LogP contribution in [-0.4, -0.2) is 16.1 Å². The molecule has 0 aliphatic rings. The highest BCUT2D eigenvalue weighted by Gasteiger charge is 2.24. The number of aldehydes is 1. The summed E-state index contributed by atoms with van der Waals surface area (Å²) < 4.78 is 2.55. The SMILES string of the molecule is Cn1nc(C=O)c(Br)c1C(C)(C)C. The van der Waals surface area contributed by atoms with E-state index in [4.69, 9.17) is 0 Å². The molecule has 3 nitrogen and oxygen atoms in total. The van der Waals surface area contributed by atoms with Crippen LogP contribution in [0.15, 0.2) is 4.47 Å². The van der Waals surface area contributed by atoms with Gasteiger partial charge in [-0.05, 0) is 15.9 Å². The minimum absolute atomic E-state index is 0.0121. The molecule has 0 aromatic carbocycles. The van der Waals surface area contributed by atoms with Crippen molar-refractivity contribution in [2.24, 2.45) is 7.05 Å². The summed E-state index contributed by atoms with van der Waals surface area (Å²) in [6.07, 6.45) is 0.763. The molecule has 0 amide bonds. The number of hydrogen-bond donors (Lipinski definition) is 0. The fourth-order valence-electron chi connectivity index (χ4n) is 1.41. The third-order valence-corrected chi connectivity index (χ3v) is 2.62. The lowest BCUT2D eigenvalue weighted by Gasteiger charge is -2.19. The van der Waals surface area contributed by atoms with Crippen molar-refractivity contribution in [1.29, 1.82) is 0 Å². The molecule has 0 aliphatic carbocycles. The quantitative estimate of drug-likeness (QED) is 0.711. The second kappa shape index (κ2) is 3.25. The molecule has 0 saturated carbocycles. The van der Waals surface area contributed by atoms with Gasteiger partial charge in [0.2, 0.25) is 0 Å². The van der Waals surface area contributed by atoms with Gasteiger partial charge in [-0.2, -0.15) is 5.10 Å². The maximum Gasteiger partial charge on any atom is 0.171 e. The van der Waals surface area contributed by atoms with Gasteiger partial charge in [0.1, 0.15) is 5.69 Å². The predicted molar refractivity (Wildman–Crippen MR) is 55.0 cm³/mol. The summed E-state index contributed by atoms with van der Waals surface area (Å²) in [5.74, 6) is 0. The average molecular weight is 245 g/mol. The maximum absolute atomic E-state index is 10.6. The second-order valence-electron chi connectivity index (χ2n) is 4.04. The molecule has 0 N–H and O–H groups in total. The van der Waals surface area contributed by atoms with Gasteiger partial charge < -0.3 is 0 Å². The van der Waals surface area contributed by atoms with Gasteiger partial charge in [-0.3, -0.25) is 9.48 Å². The molecule has 4 heteroatoms. The lowest BCUT2D eigenvalue weighted by atomic mass is 9.92. The molecule has 0 unspecified atom stereocenters. The highest BCUT2D eigenvalue weighted by molar-refractivity contribution is 9.10. The summed E-state index contributed by atoms with van der Waals surface area (Å²) >= 11 is 3.38. The summed E-state index contributed by atoms with van der Waals surface area (Å²) in [4.78, 5) is 10.6. The van der Waals surface area contributed by atoms with Crippen molar-refractivity contribution >= 4 is 22.2 Å². The first-order valence-electron chi connectivity index (χ1n) is 4.06. The molecule has 0 radical (unpaired) electrons. The number of nitrogens with zero attached hydrogens (tertiary/aromatic N) is 2. The molecule has 1 rings (SSSR count). The normalized spacial score (nSPS) is 11.8. The first-order valence-corrected chi connectivity index (χ1v) is 4.85. The van der Waals surface area contributed by atoms with E-state index >= 15 is 0 Å². The standard InChI is InChI=1S/C9H13BrN2O/c1-9(2,3)8-7(10)6(5-13)11-12(8)4/h5H,1-4H3. The Morgan fingerprint density at radius 1 is 1.46 bits per heavy atom. The molecule has 0 atom stereocenters. The Labute approximate surface area is 86.3 Å². The van der Waals surface area contributed by atoms with E-state index in [0.717, 1.165) is 16.5 Å². The van der Waals surface area contributed by atoms with Crippen molar-refractivity contribution in [3.05, 3.63) is 15.9 Å². The number of hydrogen-bond acceptors (Lipinski definition) is 2. The highest BCUT2D eigenvalue weighted by atomic mass is 79.9. The zero-order chi connectivity index (χ0) is 10.2. The minimum atomic E-state index is -0.0121. The van der Waals surface area contributed by atoms with E-state index in [1.54, 1.807) is 4.68 Å². The van der Waals surface area contributed by atoms with E-state index in [9.17, 15) is 4.79 Å². The fourth-order valence-corrected chi connectivity index (χ4v) is 2.43. The van der Waals surface area contributed by atoms with Crippen LogP contribution in [0.4, 0.5) is 0 Å². The first-order chi connectivity index (χ1) is 5.88. The fraction of sp³-hybridized carbons (Fsp3) is 0.556. The molecule has 0 fully saturated rings. The van der Waals surface area contributed by atoms with Crippen molar-refractivity contribution in [3.8, 4) is 0 Å².